The minimum atomic E-state index is -1.03. The van der Waals surface area contributed by atoms with Crippen LogP contribution in [-0.2, 0) is 0 Å². The average Bonchev–Trinajstić information content (AvgIpc) is 2.71. The molecule has 0 aliphatic heterocycles. The lowest BCUT2D eigenvalue weighted by Crippen LogP contribution is -1.86. The molecule has 82 valence electrons. The van der Waals surface area contributed by atoms with E-state index in [1.54, 1.807) is 0 Å². The lowest BCUT2D eigenvalue weighted by Gasteiger charge is -2.01. The molecule has 0 atom stereocenters. The van der Waals surface area contributed by atoms with Crippen LogP contribution in [0.1, 0.15) is 10.6 Å². The molecule has 0 fully saturated rings. The Hall–Kier alpha value is -1.68. The molecule has 1 heterocycles. The van der Waals surface area contributed by atoms with Crippen molar-refractivity contribution in [2.24, 2.45) is 0 Å². The molecule has 2 aromatic rings. The monoisotopic (exact) mass is 242 g/mol. The van der Waals surface area contributed by atoms with Crippen molar-refractivity contribution in [2.45, 2.75) is 0 Å². The molecule has 16 heavy (non-hydrogen) atoms. The summed E-state index contributed by atoms with van der Waals surface area (Å²) in [4.78, 5) is 10.4. The topological polar surface area (TPSA) is 30.2 Å². The summed E-state index contributed by atoms with van der Waals surface area (Å²) < 4.78 is 30.8. The highest BCUT2D eigenvalue weighted by molar-refractivity contribution is 6.33. The number of carbonyl (C=O) groups excluding carboxylic acids is 1. The molecule has 2 rings (SSSR count). The minimum Gasteiger partial charge on any atom is -0.453 e. The predicted octanol–water partition coefficient (Wildman–Crippen LogP) is 3.69. The maximum atomic E-state index is 13.0. The zero-order valence-corrected chi connectivity index (χ0v) is 8.59. The summed E-state index contributed by atoms with van der Waals surface area (Å²) >= 11 is 5.73. The van der Waals surface area contributed by atoms with Gasteiger partial charge in [0.15, 0.2) is 23.7 Å². The fraction of sp³-hybridized carbons (Fsp3) is 0. The molecular weight excluding hydrogens is 238 g/mol. The molecule has 0 bridgehead atoms. The first-order valence-electron chi connectivity index (χ1n) is 4.31. The largest absolute Gasteiger partial charge is 0.453 e. The summed E-state index contributed by atoms with van der Waals surface area (Å²) in [5.74, 6) is -1.75. The highest BCUT2D eigenvalue weighted by Gasteiger charge is 2.13. The number of hydrogen-bond acceptors (Lipinski definition) is 2. The third-order valence-electron chi connectivity index (χ3n) is 2.02. The summed E-state index contributed by atoms with van der Waals surface area (Å²) in [5.41, 5.74) is 0.202. The SMILES string of the molecule is O=Cc1ccc(-c2cc(F)c(F)cc2Cl)o1. The maximum Gasteiger partial charge on any atom is 0.185 e. The van der Waals surface area contributed by atoms with Crippen LogP contribution in [0.3, 0.4) is 0 Å². The number of benzene rings is 1. The lowest BCUT2D eigenvalue weighted by molar-refractivity contribution is 0.110. The summed E-state index contributed by atoms with van der Waals surface area (Å²) in [6, 6.07) is 4.66. The number of hydrogen-bond donors (Lipinski definition) is 0. The molecule has 1 aromatic carbocycles. The molecule has 0 unspecified atom stereocenters. The van der Waals surface area contributed by atoms with Crippen LogP contribution in [0, 0.1) is 11.6 Å². The van der Waals surface area contributed by atoms with Crippen LogP contribution in [0.4, 0.5) is 8.78 Å². The summed E-state index contributed by atoms with van der Waals surface area (Å²) in [6.07, 6.45) is 0.511. The maximum absolute atomic E-state index is 13.0. The Morgan fingerprint density at radius 3 is 2.50 bits per heavy atom. The van der Waals surface area contributed by atoms with E-state index in [2.05, 4.69) is 0 Å². The molecule has 0 radical (unpaired) electrons. The van der Waals surface area contributed by atoms with Crippen molar-refractivity contribution in [3.05, 3.63) is 46.7 Å². The van der Waals surface area contributed by atoms with Gasteiger partial charge in [0.1, 0.15) is 5.76 Å². The van der Waals surface area contributed by atoms with Crippen LogP contribution >= 0.6 is 11.6 Å². The van der Waals surface area contributed by atoms with Crippen LogP contribution in [0.2, 0.25) is 5.02 Å². The van der Waals surface area contributed by atoms with Gasteiger partial charge in [-0.1, -0.05) is 11.6 Å². The highest BCUT2D eigenvalue weighted by atomic mass is 35.5. The van der Waals surface area contributed by atoms with E-state index in [1.807, 2.05) is 0 Å². The molecule has 5 heteroatoms. The lowest BCUT2D eigenvalue weighted by atomic mass is 10.1. The quantitative estimate of drug-likeness (QED) is 0.594. The Kier molecular flexibility index (Phi) is 2.75. The van der Waals surface area contributed by atoms with E-state index in [-0.39, 0.29) is 22.1 Å². The summed E-state index contributed by atoms with van der Waals surface area (Å²) in [7, 11) is 0. The van der Waals surface area contributed by atoms with Gasteiger partial charge in [0.05, 0.1) is 5.02 Å². The van der Waals surface area contributed by atoms with Crippen molar-refractivity contribution in [2.75, 3.05) is 0 Å². The molecule has 0 amide bonds. The van der Waals surface area contributed by atoms with E-state index in [9.17, 15) is 13.6 Å². The van der Waals surface area contributed by atoms with Gasteiger partial charge in [-0.2, -0.15) is 0 Å². The number of carbonyl (C=O) groups is 1. The van der Waals surface area contributed by atoms with Crippen molar-refractivity contribution < 1.29 is 18.0 Å². The number of aldehydes is 1. The third-order valence-corrected chi connectivity index (χ3v) is 2.33. The second-order valence-electron chi connectivity index (χ2n) is 3.07. The first kappa shape index (κ1) is 10.8. The van der Waals surface area contributed by atoms with Gasteiger partial charge in [0.25, 0.3) is 0 Å². The average molecular weight is 243 g/mol. The van der Waals surface area contributed by atoms with Gasteiger partial charge >= 0.3 is 0 Å². The number of halogens is 3. The van der Waals surface area contributed by atoms with Gasteiger partial charge in [-0.25, -0.2) is 8.78 Å². The first-order valence-corrected chi connectivity index (χ1v) is 4.69. The Bertz CT molecular complexity index is 549. The zero-order chi connectivity index (χ0) is 11.7. The fourth-order valence-corrected chi connectivity index (χ4v) is 1.52. The van der Waals surface area contributed by atoms with Gasteiger partial charge in [-0.3, -0.25) is 4.79 Å². The van der Waals surface area contributed by atoms with Crippen molar-refractivity contribution in [1.82, 2.24) is 0 Å². The van der Waals surface area contributed by atoms with Crippen LogP contribution < -0.4 is 0 Å². The second kappa shape index (κ2) is 4.06. The molecule has 0 N–H and O–H groups in total. The Labute approximate surface area is 94.4 Å². The van der Waals surface area contributed by atoms with E-state index >= 15 is 0 Å². The molecule has 0 aliphatic rings. The molecular formula is C11H5ClF2O2. The van der Waals surface area contributed by atoms with E-state index in [0.29, 0.717) is 6.29 Å². The number of furan rings is 1. The molecule has 0 aliphatic carbocycles. The third kappa shape index (κ3) is 1.84. The first-order chi connectivity index (χ1) is 7.61. The zero-order valence-electron chi connectivity index (χ0n) is 7.84. The van der Waals surface area contributed by atoms with E-state index in [0.717, 1.165) is 12.1 Å². The Morgan fingerprint density at radius 2 is 1.88 bits per heavy atom. The van der Waals surface area contributed by atoms with E-state index in [1.165, 1.54) is 12.1 Å². The van der Waals surface area contributed by atoms with Gasteiger partial charge in [-0.15, -0.1) is 0 Å². The normalized spacial score (nSPS) is 10.4. The van der Waals surface area contributed by atoms with E-state index in [4.69, 9.17) is 16.0 Å². The van der Waals surface area contributed by atoms with Crippen LogP contribution in [-0.4, -0.2) is 6.29 Å². The van der Waals surface area contributed by atoms with Gasteiger partial charge in [0.2, 0.25) is 0 Å². The smallest absolute Gasteiger partial charge is 0.185 e. The summed E-state index contributed by atoms with van der Waals surface area (Å²) in [6.45, 7) is 0. The molecule has 0 saturated heterocycles. The molecule has 2 nitrogen and oxygen atoms in total. The fourth-order valence-electron chi connectivity index (χ4n) is 1.27. The van der Waals surface area contributed by atoms with Crippen LogP contribution in [0.5, 0.6) is 0 Å². The van der Waals surface area contributed by atoms with Crippen LogP contribution in [0.25, 0.3) is 11.3 Å². The van der Waals surface area contributed by atoms with Crippen molar-refractivity contribution in [3.63, 3.8) is 0 Å². The Morgan fingerprint density at radius 1 is 1.19 bits per heavy atom. The minimum absolute atomic E-state index is 0.0192. The van der Waals surface area contributed by atoms with Gasteiger partial charge in [-0.05, 0) is 24.3 Å². The van der Waals surface area contributed by atoms with Gasteiger partial charge in [0, 0.05) is 5.56 Å². The predicted molar refractivity (Wildman–Crippen MR) is 54.5 cm³/mol. The van der Waals surface area contributed by atoms with Crippen molar-refractivity contribution in [3.8, 4) is 11.3 Å². The number of rotatable bonds is 2. The van der Waals surface area contributed by atoms with Crippen molar-refractivity contribution >= 4 is 17.9 Å². The second-order valence-corrected chi connectivity index (χ2v) is 3.47. The van der Waals surface area contributed by atoms with Crippen LogP contribution in [0.15, 0.2) is 28.7 Å². The van der Waals surface area contributed by atoms with Crippen molar-refractivity contribution in [1.29, 1.82) is 0 Å². The van der Waals surface area contributed by atoms with E-state index < -0.39 is 11.6 Å². The molecule has 0 saturated carbocycles. The standard InChI is InChI=1S/C11H5ClF2O2/c12-8-4-10(14)9(13)3-7(8)11-2-1-6(5-15)16-11/h1-5H. The Balaban J connectivity index is 2.55. The molecule has 1 aromatic heterocycles. The summed E-state index contributed by atoms with van der Waals surface area (Å²) in [5, 5.41) is 0.0192. The van der Waals surface area contributed by atoms with Gasteiger partial charge < -0.3 is 4.42 Å². The highest BCUT2D eigenvalue weighted by Crippen LogP contribution is 2.30. The molecule has 0 spiro atoms.